The monoisotopic (exact) mass is 157 g/mol. The molecular weight excluding hydrogens is 146 g/mol. The van der Waals surface area contributed by atoms with E-state index in [0.717, 1.165) is 19.1 Å². The molecule has 2 N–H and O–H groups in total. The van der Waals surface area contributed by atoms with Crippen molar-refractivity contribution in [1.29, 1.82) is 0 Å². The van der Waals surface area contributed by atoms with Crippen molar-refractivity contribution in [3.05, 3.63) is 0 Å². The van der Waals surface area contributed by atoms with Crippen LogP contribution in [0.5, 0.6) is 0 Å². The molecule has 4 heteroatoms. The molecule has 1 rings (SSSR count). The van der Waals surface area contributed by atoms with Crippen LogP contribution in [-0.2, 0) is 4.79 Å². The van der Waals surface area contributed by atoms with Gasteiger partial charge in [0.05, 0.1) is 0 Å². The van der Waals surface area contributed by atoms with Crippen LogP contribution in [0.4, 0.5) is 4.79 Å². The molecule has 2 atom stereocenters. The Morgan fingerprint density at radius 2 is 2.27 bits per heavy atom. The van der Waals surface area contributed by atoms with Crippen molar-refractivity contribution in [2.75, 3.05) is 0 Å². The zero-order valence-corrected chi connectivity index (χ0v) is 6.12. The smallest absolute Gasteiger partial charge is 0.404 e. The highest BCUT2D eigenvalue weighted by Gasteiger charge is 2.24. The molecule has 0 aromatic heterocycles. The SMILES string of the molecule is O=C[C@H]1CC[C@@H](NC(=O)O)C1. The fraction of sp³-hybridized carbons (Fsp3) is 0.714. The van der Waals surface area contributed by atoms with Gasteiger partial charge in [-0.05, 0) is 19.3 Å². The van der Waals surface area contributed by atoms with Crippen molar-refractivity contribution < 1.29 is 14.7 Å². The predicted octanol–water partition coefficient (Wildman–Crippen LogP) is 0.622. The molecule has 0 heterocycles. The quantitative estimate of drug-likeness (QED) is 0.577. The fourth-order valence-corrected chi connectivity index (χ4v) is 1.45. The van der Waals surface area contributed by atoms with E-state index in [9.17, 15) is 9.59 Å². The summed E-state index contributed by atoms with van der Waals surface area (Å²) in [4.78, 5) is 20.4. The highest BCUT2D eigenvalue weighted by atomic mass is 16.4. The Morgan fingerprint density at radius 1 is 1.55 bits per heavy atom. The molecule has 4 nitrogen and oxygen atoms in total. The van der Waals surface area contributed by atoms with Gasteiger partial charge in [0.25, 0.3) is 0 Å². The van der Waals surface area contributed by atoms with E-state index < -0.39 is 6.09 Å². The van der Waals surface area contributed by atoms with E-state index >= 15 is 0 Å². The van der Waals surface area contributed by atoms with Crippen molar-refractivity contribution in [2.24, 2.45) is 5.92 Å². The first-order chi connectivity index (χ1) is 5.22. The summed E-state index contributed by atoms with van der Waals surface area (Å²) in [6.45, 7) is 0. The van der Waals surface area contributed by atoms with Gasteiger partial charge in [0.2, 0.25) is 0 Å². The second kappa shape index (κ2) is 3.37. The van der Waals surface area contributed by atoms with Crippen molar-refractivity contribution >= 4 is 12.4 Å². The number of hydrogen-bond acceptors (Lipinski definition) is 2. The number of rotatable bonds is 2. The molecular formula is C7H11NO3. The molecule has 62 valence electrons. The van der Waals surface area contributed by atoms with E-state index in [1.807, 2.05) is 0 Å². The predicted molar refractivity (Wildman–Crippen MR) is 38.4 cm³/mol. The average molecular weight is 157 g/mol. The van der Waals surface area contributed by atoms with E-state index in [1.165, 1.54) is 0 Å². The maximum atomic E-state index is 10.3. The molecule has 0 saturated heterocycles. The second-order valence-electron chi connectivity index (χ2n) is 2.86. The molecule has 0 spiro atoms. The van der Waals surface area contributed by atoms with Gasteiger partial charge in [-0.15, -0.1) is 0 Å². The topological polar surface area (TPSA) is 66.4 Å². The number of nitrogens with one attached hydrogen (secondary N) is 1. The summed E-state index contributed by atoms with van der Waals surface area (Å²) < 4.78 is 0. The van der Waals surface area contributed by atoms with E-state index in [1.54, 1.807) is 0 Å². The van der Waals surface area contributed by atoms with Gasteiger partial charge in [-0.25, -0.2) is 4.79 Å². The van der Waals surface area contributed by atoms with Gasteiger partial charge in [0.1, 0.15) is 6.29 Å². The molecule has 0 bridgehead atoms. The van der Waals surface area contributed by atoms with Crippen LogP contribution in [0, 0.1) is 5.92 Å². The minimum absolute atomic E-state index is 0.0114. The first-order valence-electron chi connectivity index (χ1n) is 3.67. The van der Waals surface area contributed by atoms with Crippen LogP contribution in [0.2, 0.25) is 0 Å². The van der Waals surface area contributed by atoms with Crippen LogP contribution in [0.25, 0.3) is 0 Å². The van der Waals surface area contributed by atoms with Gasteiger partial charge >= 0.3 is 6.09 Å². The summed E-state index contributed by atoms with van der Waals surface area (Å²) in [5, 5.41) is 10.7. The third-order valence-electron chi connectivity index (χ3n) is 1.99. The lowest BCUT2D eigenvalue weighted by atomic mass is 10.1. The number of aldehydes is 1. The normalized spacial score (nSPS) is 29.8. The van der Waals surface area contributed by atoms with Gasteiger partial charge in [0, 0.05) is 12.0 Å². The Balaban J connectivity index is 2.29. The van der Waals surface area contributed by atoms with E-state index in [4.69, 9.17) is 5.11 Å². The maximum absolute atomic E-state index is 10.3. The van der Waals surface area contributed by atoms with E-state index in [-0.39, 0.29) is 12.0 Å². The maximum Gasteiger partial charge on any atom is 0.404 e. The molecule has 0 aliphatic heterocycles. The number of carbonyl (C=O) groups is 2. The number of carbonyl (C=O) groups excluding carboxylic acids is 1. The Kier molecular flexibility index (Phi) is 2.46. The molecule has 1 saturated carbocycles. The molecule has 0 unspecified atom stereocenters. The van der Waals surface area contributed by atoms with E-state index in [2.05, 4.69) is 5.32 Å². The van der Waals surface area contributed by atoms with E-state index in [0.29, 0.717) is 6.42 Å². The fourth-order valence-electron chi connectivity index (χ4n) is 1.45. The Labute approximate surface area is 64.6 Å². The van der Waals surface area contributed by atoms with Gasteiger partial charge in [-0.3, -0.25) is 0 Å². The lowest BCUT2D eigenvalue weighted by Gasteiger charge is -2.07. The summed E-state index contributed by atoms with van der Waals surface area (Å²) in [6.07, 6.45) is 2.17. The van der Waals surface area contributed by atoms with Crippen LogP contribution in [-0.4, -0.2) is 23.5 Å². The van der Waals surface area contributed by atoms with Crippen LogP contribution < -0.4 is 5.32 Å². The number of carboxylic acid groups (broad SMARTS) is 1. The molecule has 11 heavy (non-hydrogen) atoms. The van der Waals surface area contributed by atoms with Crippen molar-refractivity contribution in [1.82, 2.24) is 5.32 Å². The van der Waals surface area contributed by atoms with Gasteiger partial charge < -0.3 is 15.2 Å². The Hall–Kier alpha value is -1.06. The minimum Gasteiger partial charge on any atom is -0.465 e. The molecule has 1 aliphatic rings. The molecule has 1 fully saturated rings. The largest absolute Gasteiger partial charge is 0.465 e. The van der Waals surface area contributed by atoms with Gasteiger partial charge in [-0.1, -0.05) is 0 Å². The molecule has 1 aliphatic carbocycles. The lowest BCUT2D eigenvalue weighted by Crippen LogP contribution is -2.31. The number of amides is 1. The molecule has 0 aromatic rings. The summed E-state index contributed by atoms with van der Waals surface area (Å²) in [7, 11) is 0. The zero-order chi connectivity index (χ0) is 8.27. The van der Waals surface area contributed by atoms with Crippen molar-refractivity contribution in [3.63, 3.8) is 0 Å². The van der Waals surface area contributed by atoms with Gasteiger partial charge in [-0.2, -0.15) is 0 Å². The van der Waals surface area contributed by atoms with Crippen molar-refractivity contribution in [2.45, 2.75) is 25.3 Å². The lowest BCUT2D eigenvalue weighted by molar-refractivity contribution is -0.110. The van der Waals surface area contributed by atoms with Crippen LogP contribution in [0.1, 0.15) is 19.3 Å². The zero-order valence-electron chi connectivity index (χ0n) is 6.12. The molecule has 1 amide bonds. The molecule has 0 aromatic carbocycles. The first kappa shape index (κ1) is 8.04. The third-order valence-corrected chi connectivity index (χ3v) is 1.99. The van der Waals surface area contributed by atoms with Crippen molar-refractivity contribution in [3.8, 4) is 0 Å². The minimum atomic E-state index is -0.999. The highest BCUT2D eigenvalue weighted by Crippen LogP contribution is 2.23. The highest BCUT2D eigenvalue weighted by molar-refractivity contribution is 5.65. The summed E-state index contributed by atoms with van der Waals surface area (Å²) in [5.41, 5.74) is 0. The molecule has 0 radical (unpaired) electrons. The van der Waals surface area contributed by atoms with Crippen LogP contribution in [0.3, 0.4) is 0 Å². The average Bonchev–Trinajstić information content (AvgIpc) is 2.34. The van der Waals surface area contributed by atoms with Crippen LogP contribution in [0.15, 0.2) is 0 Å². The Bertz CT molecular complexity index is 169. The Morgan fingerprint density at radius 3 is 2.73 bits per heavy atom. The summed E-state index contributed by atoms with van der Waals surface area (Å²) >= 11 is 0. The number of hydrogen-bond donors (Lipinski definition) is 2. The second-order valence-corrected chi connectivity index (χ2v) is 2.86. The van der Waals surface area contributed by atoms with Crippen LogP contribution >= 0.6 is 0 Å². The standard InChI is InChI=1S/C7H11NO3/c9-4-5-1-2-6(3-5)8-7(10)11/h4-6,8H,1-3H2,(H,10,11)/t5-,6+/m0/s1. The summed E-state index contributed by atoms with van der Waals surface area (Å²) in [5.74, 6) is 0.0619. The third kappa shape index (κ3) is 2.22. The van der Waals surface area contributed by atoms with Gasteiger partial charge in [0.15, 0.2) is 0 Å². The summed E-state index contributed by atoms with van der Waals surface area (Å²) in [6, 6.07) is -0.0114. The first-order valence-corrected chi connectivity index (χ1v) is 3.67.